The monoisotopic (exact) mass is 595 g/mol. The molecule has 0 aliphatic carbocycles. The zero-order chi connectivity index (χ0) is 29.0. The molecule has 0 unspecified atom stereocenters. The van der Waals surface area contributed by atoms with Gasteiger partial charge in [-0.15, -0.1) is 10.2 Å². The van der Waals surface area contributed by atoms with Gasteiger partial charge in [0.2, 0.25) is 16.0 Å². The molecule has 0 amide bonds. The van der Waals surface area contributed by atoms with E-state index >= 15 is 0 Å². The van der Waals surface area contributed by atoms with Gasteiger partial charge >= 0.3 is 0 Å². The van der Waals surface area contributed by atoms with Crippen LogP contribution < -0.4 is 14.2 Å². The molecule has 1 N–H and O–H groups in total. The molecule has 0 radical (unpaired) electrons. The summed E-state index contributed by atoms with van der Waals surface area (Å²) in [4.78, 5) is 12.7. The van der Waals surface area contributed by atoms with E-state index in [1.165, 1.54) is 19.3 Å². The summed E-state index contributed by atoms with van der Waals surface area (Å²) >= 11 is 5.94. The standard InChI is InChI=1S/C25H34ClN7O6S/c1-7-36-12-18-13-37-21-19(8-9-27-24(21)39-15(4)5)23-30-31-25(33(18)23)32-40(34,35)16(6)20(38-14(2)3)22-28-10-17(26)11-29-22/h8-11,14-16,18,20H,7,12-13H2,1-6H3,(H,31,32)/t16-,18-,20+/m0/s1. The molecule has 3 aromatic rings. The average molecular weight is 596 g/mol. The van der Waals surface area contributed by atoms with Crippen LogP contribution >= 0.6 is 11.6 Å². The molecule has 0 spiro atoms. The highest BCUT2D eigenvalue weighted by molar-refractivity contribution is 7.93. The lowest BCUT2D eigenvalue weighted by Crippen LogP contribution is -2.35. The first-order chi connectivity index (χ1) is 19.0. The highest BCUT2D eigenvalue weighted by Gasteiger charge is 2.37. The Morgan fingerprint density at radius 2 is 1.85 bits per heavy atom. The van der Waals surface area contributed by atoms with Crippen molar-refractivity contribution in [2.24, 2.45) is 0 Å². The van der Waals surface area contributed by atoms with Crippen molar-refractivity contribution in [3.05, 3.63) is 35.5 Å². The molecule has 3 aromatic heterocycles. The Morgan fingerprint density at radius 3 is 2.50 bits per heavy atom. The fourth-order valence-corrected chi connectivity index (χ4v) is 5.29. The van der Waals surface area contributed by atoms with Crippen LogP contribution in [-0.4, -0.2) is 75.4 Å². The van der Waals surface area contributed by atoms with Gasteiger partial charge in [0, 0.05) is 25.2 Å². The van der Waals surface area contributed by atoms with Gasteiger partial charge in [-0.05, 0) is 47.6 Å². The Kier molecular flexibility index (Phi) is 9.44. The Hall–Kier alpha value is -3.07. The quantitative estimate of drug-likeness (QED) is 0.325. The van der Waals surface area contributed by atoms with Crippen LogP contribution in [0.4, 0.5) is 5.95 Å². The fourth-order valence-electron chi connectivity index (χ4n) is 4.10. The number of ether oxygens (including phenoxy) is 4. The molecule has 4 rings (SSSR count). The van der Waals surface area contributed by atoms with Crippen LogP contribution in [0.2, 0.25) is 5.02 Å². The van der Waals surface area contributed by atoms with Crippen molar-refractivity contribution < 1.29 is 27.4 Å². The van der Waals surface area contributed by atoms with Crippen molar-refractivity contribution >= 4 is 27.6 Å². The first-order valence-electron chi connectivity index (χ1n) is 13.0. The number of rotatable bonds is 12. The third kappa shape index (κ3) is 6.62. The molecule has 1 aliphatic rings. The van der Waals surface area contributed by atoms with E-state index in [2.05, 4.69) is 29.9 Å². The predicted octanol–water partition coefficient (Wildman–Crippen LogP) is 3.84. The minimum atomic E-state index is -4.11. The second-order valence-electron chi connectivity index (χ2n) is 9.72. The van der Waals surface area contributed by atoms with E-state index in [-0.39, 0.29) is 37.2 Å². The number of nitrogens with one attached hydrogen (secondary N) is 1. The summed E-state index contributed by atoms with van der Waals surface area (Å²) < 4.78 is 55.4. The number of anilines is 1. The molecule has 0 aromatic carbocycles. The van der Waals surface area contributed by atoms with Gasteiger partial charge in [0.25, 0.3) is 5.88 Å². The molecular weight excluding hydrogens is 562 g/mol. The third-order valence-electron chi connectivity index (χ3n) is 5.92. The van der Waals surface area contributed by atoms with Crippen LogP contribution in [0.3, 0.4) is 0 Å². The SMILES string of the molecule is CCOC[C@H]1COc2c(ccnc2OC(C)C)-c2nnc(NS(=O)(=O)[C@@H](C)[C@@H](OC(C)C)c3ncc(Cl)cn3)n21. The second-order valence-corrected chi connectivity index (χ2v) is 12.2. The van der Waals surface area contributed by atoms with E-state index < -0.39 is 27.4 Å². The number of aromatic nitrogens is 6. The molecule has 0 saturated carbocycles. The molecule has 15 heteroatoms. The van der Waals surface area contributed by atoms with Gasteiger partial charge in [-0.25, -0.2) is 23.4 Å². The smallest absolute Gasteiger partial charge is 0.258 e. The number of nitrogens with zero attached hydrogens (tertiary/aromatic N) is 6. The zero-order valence-corrected chi connectivity index (χ0v) is 24.8. The largest absolute Gasteiger partial charge is 0.485 e. The minimum Gasteiger partial charge on any atom is -0.485 e. The third-order valence-corrected chi connectivity index (χ3v) is 7.81. The topological polar surface area (TPSA) is 152 Å². The molecule has 3 atom stereocenters. The summed E-state index contributed by atoms with van der Waals surface area (Å²) in [7, 11) is -4.11. The minimum absolute atomic E-state index is 0.00599. The molecule has 218 valence electrons. The average Bonchev–Trinajstić information content (AvgIpc) is 3.22. The van der Waals surface area contributed by atoms with Gasteiger partial charge in [0.15, 0.2) is 17.4 Å². The lowest BCUT2D eigenvalue weighted by Gasteiger charge is -2.26. The van der Waals surface area contributed by atoms with Gasteiger partial charge in [-0.1, -0.05) is 11.6 Å². The van der Waals surface area contributed by atoms with Crippen LogP contribution in [0.15, 0.2) is 24.7 Å². The number of sulfonamides is 1. The van der Waals surface area contributed by atoms with Gasteiger partial charge in [0.1, 0.15) is 18.0 Å². The van der Waals surface area contributed by atoms with Crippen LogP contribution in [0.5, 0.6) is 11.6 Å². The van der Waals surface area contributed by atoms with Crippen molar-refractivity contribution in [1.29, 1.82) is 0 Å². The molecule has 40 heavy (non-hydrogen) atoms. The molecule has 0 saturated heterocycles. The normalized spacial score (nSPS) is 16.6. The van der Waals surface area contributed by atoms with Gasteiger partial charge < -0.3 is 18.9 Å². The van der Waals surface area contributed by atoms with E-state index in [9.17, 15) is 8.42 Å². The molecule has 1 aliphatic heterocycles. The fraction of sp³-hybridized carbons (Fsp3) is 0.560. The maximum Gasteiger partial charge on any atom is 0.258 e. The summed E-state index contributed by atoms with van der Waals surface area (Å²) in [6, 6.07) is 1.26. The maximum atomic E-state index is 13.7. The van der Waals surface area contributed by atoms with Crippen LogP contribution in [0.1, 0.15) is 59.5 Å². The number of fused-ring (bicyclic) bond motifs is 3. The zero-order valence-electron chi connectivity index (χ0n) is 23.2. The summed E-state index contributed by atoms with van der Waals surface area (Å²) in [5.74, 6) is 1.29. The van der Waals surface area contributed by atoms with Gasteiger partial charge in [0.05, 0.1) is 35.4 Å². The van der Waals surface area contributed by atoms with Crippen LogP contribution in [0.25, 0.3) is 11.4 Å². The summed E-state index contributed by atoms with van der Waals surface area (Å²) in [5, 5.41) is 7.77. The van der Waals surface area contributed by atoms with Crippen molar-refractivity contribution in [2.75, 3.05) is 24.5 Å². The second kappa shape index (κ2) is 12.6. The lowest BCUT2D eigenvalue weighted by atomic mass is 10.2. The lowest BCUT2D eigenvalue weighted by molar-refractivity contribution is 0.00154. The maximum absolute atomic E-state index is 13.7. The number of pyridine rings is 1. The van der Waals surface area contributed by atoms with Crippen molar-refractivity contribution in [3.63, 3.8) is 0 Å². The van der Waals surface area contributed by atoms with E-state index in [0.29, 0.717) is 34.6 Å². The van der Waals surface area contributed by atoms with Crippen LogP contribution in [-0.2, 0) is 19.5 Å². The van der Waals surface area contributed by atoms with Gasteiger partial charge in [-0.2, -0.15) is 0 Å². The summed E-state index contributed by atoms with van der Waals surface area (Å²) in [6.07, 6.45) is 2.95. The van der Waals surface area contributed by atoms with Crippen LogP contribution in [0, 0.1) is 0 Å². The number of hydrogen-bond acceptors (Lipinski definition) is 11. The number of halogens is 1. The highest BCUT2D eigenvalue weighted by Crippen LogP contribution is 2.41. The molecule has 0 bridgehead atoms. The first-order valence-corrected chi connectivity index (χ1v) is 14.9. The van der Waals surface area contributed by atoms with E-state index in [0.717, 1.165) is 0 Å². The Bertz CT molecular complexity index is 1400. The van der Waals surface area contributed by atoms with E-state index in [1.807, 2.05) is 20.8 Å². The molecule has 13 nitrogen and oxygen atoms in total. The Balaban J connectivity index is 1.73. The molecular formula is C25H34ClN7O6S. The van der Waals surface area contributed by atoms with E-state index in [4.69, 9.17) is 30.5 Å². The summed E-state index contributed by atoms with van der Waals surface area (Å²) in [5.41, 5.74) is 0.561. The Morgan fingerprint density at radius 1 is 1.12 bits per heavy atom. The van der Waals surface area contributed by atoms with Crippen molar-refractivity contribution in [2.45, 2.75) is 71.1 Å². The summed E-state index contributed by atoms with van der Waals surface area (Å²) in [6.45, 7) is 11.6. The first kappa shape index (κ1) is 29.9. The van der Waals surface area contributed by atoms with E-state index in [1.54, 1.807) is 30.7 Å². The molecule has 0 fully saturated rings. The molecule has 4 heterocycles. The van der Waals surface area contributed by atoms with Crippen molar-refractivity contribution in [3.8, 4) is 23.0 Å². The number of hydrogen-bond donors (Lipinski definition) is 1. The van der Waals surface area contributed by atoms with Crippen molar-refractivity contribution in [1.82, 2.24) is 29.7 Å². The highest BCUT2D eigenvalue weighted by atomic mass is 35.5. The predicted molar refractivity (Wildman–Crippen MR) is 148 cm³/mol. The Labute approximate surface area is 238 Å². The van der Waals surface area contributed by atoms with Gasteiger partial charge in [-0.3, -0.25) is 9.29 Å².